The van der Waals surface area contributed by atoms with E-state index in [0.717, 1.165) is 16.7 Å². The van der Waals surface area contributed by atoms with E-state index in [9.17, 15) is 14.0 Å². The molecule has 4 rings (SSSR count). The predicted molar refractivity (Wildman–Crippen MR) is 128 cm³/mol. The Morgan fingerprint density at radius 2 is 1.64 bits per heavy atom. The van der Waals surface area contributed by atoms with Crippen LogP contribution in [-0.4, -0.2) is 7.11 Å². The number of hydrogen-bond acceptors (Lipinski definition) is 6. The molecule has 0 aliphatic heterocycles. The molecule has 0 aromatic heterocycles. The fourth-order valence-corrected chi connectivity index (χ4v) is 3.87. The summed E-state index contributed by atoms with van der Waals surface area (Å²) in [6.07, 6.45) is 0. The second-order valence-corrected chi connectivity index (χ2v) is 7.82. The lowest BCUT2D eigenvalue weighted by atomic mass is 9.95. The minimum Gasteiger partial charge on any atom is -0.496 e. The zero-order chi connectivity index (χ0) is 23.5. The molecule has 4 N–H and O–H groups in total. The Hall–Kier alpha value is -3.97. The summed E-state index contributed by atoms with van der Waals surface area (Å²) in [5.41, 5.74) is 7.60. The number of benzene rings is 3. The standard InChI is InChI=1S/C26H24FN3O3/c1-15(16-7-5-9-18(27)13-16)29-23(20-11-3-4-12-21(20)33-2)17-8-6-10-19(14-17)30-24-22(28)25(31)26(24)32/h3-15,23,29-30H,28H2,1-2H3/t15-,23?/m0/s1. The number of anilines is 3. The normalized spacial score (nSPS) is 12.9. The zero-order valence-corrected chi connectivity index (χ0v) is 18.3. The van der Waals surface area contributed by atoms with Gasteiger partial charge in [-0.15, -0.1) is 0 Å². The average Bonchev–Trinajstić information content (AvgIpc) is 2.85. The highest BCUT2D eigenvalue weighted by Crippen LogP contribution is 2.33. The molecule has 7 heteroatoms. The average molecular weight is 445 g/mol. The molecule has 4 aromatic carbocycles. The van der Waals surface area contributed by atoms with Gasteiger partial charge in [0, 0.05) is 17.3 Å². The second kappa shape index (κ2) is 9.26. The van der Waals surface area contributed by atoms with Gasteiger partial charge in [0.15, 0.2) is 0 Å². The monoisotopic (exact) mass is 445 g/mol. The van der Waals surface area contributed by atoms with Crippen molar-refractivity contribution in [1.82, 2.24) is 5.32 Å². The van der Waals surface area contributed by atoms with Gasteiger partial charge in [-0.05, 0) is 48.4 Å². The molecule has 0 amide bonds. The van der Waals surface area contributed by atoms with Crippen molar-refractivity contribution in [2.45, 2.75) is 19.0 Å². The van der Waals surface area contributed by atoms with Crippen molar-refractivity contribution in [3.8, 4) is 5.75 Å². The van der Waals surface area contributed by atoms with Crippen LogP contribution in [0.4, 0.5) is 21.5 Å². The van der Waals surface area contributed by atoms with Crippen LogP contribution in [0.2, 0.25) is 0 Å². The lowest BCUT2D eigenvalue weighted by Crippen LogP contribution is -2.36. The quantitative estimate of drug-likeness (QED) is 0.352. The summed E-state index contributed by atoms with van der Waals surface area (Å²) in [6.45, 7) is 1.96. The topological polar surface area (TPSA) is 93.4 Å². The minimum absolute atomic E-state index is 0.0652. The molecular formula is C26H24FN3O3. The summed E-state index contributed by atoms with van der Waals surface area (Å²) in [6, 6.07) is 21.1. The van der Waals surface area contributed by atoms with Crippen LogP contribution < -0.4 is 32.0 Å². The predicted octanol–water partition coefficient (Wildman–Crippen LogP) is 4.20. The van der Waals surface area contributed by atoms with E-state index in [0.29, 0.717) is 11.4 Å². The SMILES string of the molecule is COc1ccccc1C(N[C@@H](C)c1cccc(F)c1)c1cccc(Nc2c(N)c(=O)c2=O)c1. The van der Waals surface area contributed by atoms with E-state index >= 15 is 0 Å². The fraction of sp³-hybridized carbons (Fsp3) is 0.154. The molecule has 0 saturated heterocycles. The van der Waals surface area contributed by atoms with Gasteiger partial charge in [-0.3, -0.25) is 14.9 Å². The number of para-hydroxylation sites is 1. The number of nitrogen functional groups attached to an aromatic ring is 1. The highest BCUT2D eigenvalue weighted by Gasteiger charge is 2.22. The first-order valence-electron chi connectivity index (χ1n) is 10.5. The van der Waals surface area contributed by atoms with E-state index in [4.69, 9.17) is 10.5 Å². The van der Waals surface area contributed by atoms with Gasteiger partial charge in [0.1, 0.15) is 22.9 Å². The van der Waals surface area contributed by atoms with Crippen LogP contribution in [0.25, 0.3) is 0 Å². The molecule has 0 aliphatic carbocycles. The van der Waals surface area contributed by atoms with E-state index in [1.807, 2.05) is 55.5 Å². The first-order valence-corrected chi connectivity index (χ1v) is 10.5. The Kier molecular flexibility index (Phi) is 6.24. The van der Waals surface area contributed by atoms with Gasteiger partial charge in [-0.2, -0.15) is 0 Å². The van der Waals surface area contributed by atoms with Crippen molar-refractivity contribution >= 4 is 17.1 Å². The Bertz CT molecular complexity index is 1360. The Balaban J connectivity index is 1.72. The summed E-state index contributed by atoms with van der Waals surface area (Å²) in [5, 5.41) is 6.52. The summed E-state index contributed by atoms with van der Waals surface area (Å²) < 4.78 is 19.4. The summed E-state index contributed by atoms with van der Waals surface area (Å²) in [4.78, 5) is 23.3. The number of methoxy groups -OCH3 is 1. The number of nitrogens with two attached hydrogens (primary N) is 1. The van der Waals surface area contributed by atoms with Crippen LogP contribution in [0.1, 0.15) is 35.7 Å². The van der Waals surface area contributed by atoms with Crippen molar-refractivity contribution in [3.63, 3.8) is 0 Å². The number of hydrogen-bond donors (Lipinski definition) is 3. The molecule has 33 heavy (non-hydrogen) atoms. The Morgan fingerprint density at radius 1 is 0.909 bits per heavy atom. The molecule has 6 nitrogen and oxygen atoms in total. The molecule has 0 heterocycles. The Morgan fingerprint density at radius 3 is 2.36 bits per heavy atom. The van der Waals surface area contributed by atoms with E-state index in [1.54, 1.807) is 19.2 Å². The van der Waals surface area contributed by atoms with Gasteiger partial charge < -0.3 is 15.8 Å². The minimum atomic E-state index is -0.675. The lowest BCUT2D eigenvalue weighted by molar-refractivity contribution is 0.400. The smallest absolute Gasteiger partial charge is 0.253 e. The van der Waals surface area contributed by atoms with E-state index < -0.39 is 10.9 Å². The third-order valence-electron chi connectivity index (χ3n) is 5.65. The highest BCUT2D eigenvalue weighted by atomic mass is 19.1. The molecule has 2 atom stereocenters. The number of halogens is 1. The largest absolute Gasteiger partial charge is 0.496 e. The maximum absolute atomic E-state index is 13.8. The molecule has 0 fully saturated rings. The maximum Gasteiger partial charge on any atom is 0.253 e. The van der Waals surface area contributed by atoms with Gasteiger partial charge >= 0.3 is 0 Å². The molecule has 0 radical (unpaired) electrons. The van der Waals surface area contributed by atoms with Crippen molar-refractivity contribution in [2.24, 2.45) is 0 Å². The van der Waals surface area contributed by atoms with E-state index in [-0.39, 0.29) is 29.3 Å². The van der Waals surface area contributed by atoms with Gasteiger partial charge in [0.25, 0.3) is 10.9 Å². The van der Waals surface area contributed by atoms with Gasteiger partial charge in [-0.1, -0.05) is 42.5 Å². The number of rotatable bonds is 8. The summed E-state index contributed by atoms with van der Waals surface area (Å²) in [7, 11) is 1.61. The molecule has 0 spiro atoms. The first-order chi connectivity index (χ1) is 15.9. The summed E-state index contributed by atoms with van der Waals surface area (Å²) in [5.74, 6) is 0.401. The first kappa shape index (κ1) is 22.2. The van der Waals surface area contributed by atoms with Crippen LogP contribution >= 0.6 is 0 Å². The molecule has 168 valence electrons. The highest BCUT2D eigenvalue weighted by molar-refractivity contribution is 5.76. The molecule has 1 unspecified atom stereocenters. The van der Waals surface area contributed by atoms with Crippen LogP contribution in [0.15, 0.2) is 82.4 Å². The van der Waals surface area contributed by atoms with Crippen molar-refractivity contribution in [1.29, 1.82) is 0 Å². The number of nitrogens with one attached hydrogen (secondary N) is 2. The number of ether oxygens (including phenoxy) is 1. The lowest BCUT2D eigenvalue weighted by Gasteiger charge is -2.26. The summed E-state index contributed by atoms with van der Waals surface area (Å²) >= 11 is 0. The van der Waals surface area contributed by atoms with Crippen molar-refractivity contribution in [3.05, 3.63) is 116 Å². The third kappa shape index (κ3) is 4.49. The molecule has 0 saturated carbocycles. The van der Waals surface area contributed by atoms with Crippen molar-refractivity contribution < 1.29 is 9.13 Å². The van der Waals surface area contributed by atoms with Gasteiger partial charge in [0.2, 0.25) is 0 Å². The van der Waals surface area contributed by atoms with Crippen LogP contribution in [0.5, 0.6) is 5.75 Å². The van der Waals surface area contributed by atoms with E-state index in [1.165, 1.54) is 12.1 Å². The van der Waals surface area contributed by atoms with Crippen molar-refractivity contribution in [2.75, 3.05) is 18.2 Å². The van der Waals surface area contributed by atoms with Gasteiger partial charge in [-0.25, -0.2) is 4.39 Å². The Labute approximate surface area is 190 Å². The van der Waals surface area contributed by atoms with Crippen LogP contribution in [0, 0.1) is 5.82 Å². The maximum atomic E-state index is 13.8. The zero-order valence-electron chi connectivity index (χ0n) is 18.3. The van der Waals surface area contributed by atoms with Gasteiger partial charge in [0.05, 0.1) is 13.2 Å². The molecule has 4 aromatic rings. The van der Waals surface area contributed by atoms with Crippen LogP contribution in [0.3, 0.4) is 0 Å². The molecular weight excluding hydrogens is 421 g/mol. The third-order valence-corrected chi connectivity index (χ3v) is 5.65. The van der Waals surface area contributed by atoms with E-state index in [2.05, 4.69) is 10.6 Å². The molecule has 0 aliphatic rings. The fourth-order valence-electron chi connectivity index (χ4n) is 3.87. The second-order valence-electron chi connectivity index (χ2n) is 7.82. The molecule has 0 bridgehead atoms. The van der Waals surface area contributed by atoms with Crippen LogP contribution in [-0.2, 0) is 0 Å².